The summed E-state index contributed by atoms with van der Waals surface area (Å²) in [6, 6.07) is 10.3. The van der Waals surface area contributed by atoms with Crippen LogP contribution in [0.15, 0.2) is 59.5 Å². The summed E-state index contributed by atoms with van der Waals surface area (Å²) in [5.41, 5.74) is -0.814. The highest BCUT2D eigenvalue weighted by Crippen LogP contribution is 2.25. The Balaban J connectivity index is 1.73. The average Bonchev–Trinajstić information content (AvgIpc) is 2.62. The van der Waals surface area contributed by atoms with Crippen LogP contribution in [0.2, 0.25) is 0 Å². The minimum Gasteiger partial charge on any atom is -0.489 e. The third kappa shape index (κ3) is 4.66. The number of ether oxygens (including phenoxy) is 1. The Hall–Kier alpha value is -3.30. The first-order valence-corrected chi connectivity index (χ1v) is 7.65. The van der Waals surface area contributed by atoms with E-state index in [0.29, 0.717) is 5.56 Å². The van der Waals surface area contributed by atoms with Crippen LogP contribution in [-0.2, 0) is 6.61 Å². The first-order chi connectivity index (χ1) is 12.9. The molecule has 0 aliphatic heterocycles. The molecule has 0 spiro atoms. The van der Waals surface area contributed by atoms with Gasteiger partial charge in [-0.1, -0.05) is 4.48 Å². The smallest absolute Gasteiger partial charge is 0.247 e. The molecule has 3 rings (SSSR count). The van der Waals surface area contributed by atoms with Crippen molar-refractivity contribution < 1.29 is 28.0 Å². The van der Waals surface area contributed by atoms with E-state index in [1.165, 1.54) is 42.6 Å². The van der Waals surface area contributed by atoms with Crippen LogP contribution >= 0.6 is 0 Å². The zero-order valence-electron chi connectivity index (χ0n) is 13.7. The summed E-state index contributed by atoms with van der Waals surface area (Å²) in [5.74, 6) is -1.35. The predicted octanol–water partition coefficient (Wildman–Crippen LogP) is 3.77. The summed E-state index contributed by atoms with van der Waals surface area (Å²) in [6.07, 6.45) is 1.36. The fourth-order valence-corrected chi connectivity index (χ4v) is 2.34. The molecule has 2 aromatic carbocycles. The van der Waals surface area contributed by atoms with Crippen LogP contribution in [0.3, 0.4) is 0 Å². The van der Waals surface area contributed by atoms with E-state index in [4.69, 9.17) is 9.94 Å². The lowest BCUT2D eigenvalue weighted by molar-refractivity contribution is -0.397. The van der Waals surface area contributed by atoms with Crippen LogP contribution in [0.1, 0.15) is 5.56 Å². The molecular formula is C18H13F3N2O4. The van der Waals surface area contributed by atoms with Gasteiger partial charge in [0.05, 0.1) is 5.56 Å². The first-order valence-electron chi connectivity index (χ1n) is 7.65. The van der Waals surface area contributed by atoms with E-state index < -0.39 is 17.1 Å². The van der Waals surface area contributed by atoms with E-state index >= 15 is 0 Å². The van der Waals surface area contributed by atoms with E-state index in [1.807, 2.05) is 0 Å². The molecule has 6 nitrogen and oxygen atoms in total. The quantitative estimate of drug-likeness (QED) is 0.505. The number of hydrogen-bond donors (Lipinski definition) is 2. The Bertz CT molecular complexity index is 947. The second-order valence-corrected chi connectivity index (χ2v) is 5.44. The van der Waals surface area contributed by atoms with Crippen molar-refractivity contribution in [1.82, 2.24) is 10.4 Å². The summed E-state index contributed by atoms with van der Waals surface area (Å²) in [5, 5.41) is 8.32. The van der Waals surface area contributed by atoms with E-state index in [1.54, 1.807) is 0 Å². The zero-order valence-corrected chi connectivity index (χ0v) is 13.7. The molecule has 2 N–H and O–H groups in total. The normalized spacial score (nSPS) is 10.9. The number of hydrogen-bond acceptors (Lipinski definition) is 5. The van der Waals surface area contributed by atoms with Crippen molar-refractivity contribution in [3.63, 3.8) is 0 Å². The molecule has 0 aliphatic carbocycles. The summed E-state index contributed by atoms with van der Waals surface area (Å²) in [6.45, 7) is -0.376. The Kier molecular flexibility index (Phi) is 5.43. The number of pyridine rings is 1. The number of aromatic nitrogens is 1. The van der Waals surface area contributed by atoms with Crippen molar-refractivity contribution in [2.75, 3.05) is 0 Å². The maximum Gasteiger partial charge on any atom is 0.247 e. The summed E-state index contributed by atoms with van der Waals surface area (Å²) in [4.78, 5) is 17.8. The SMILES string of the molecule is O=c1ccc(-c2cc(F)c(COc3ccc(ON(O)F)cc3)c(F)c2)c[nH]1. The van der Waals surface area contributed by atoms with Crippen LogP contribution in [0.5, 0.6) is 11.5 Å². The number of H-pyrrole nitrogens is 1. The number of rotatable bonds is 6. The molecule has 0 atom stereocenters. The standard InChI is InChI=1S/C18H13F3N2O4/c19-16-7-12(11-1-6-18(24)22-9-11)8-17(20)15(16)10-26-13-2-4-14(5-3-13)27-23(21)25/h1-9,25H,10H2,(H,22,24). The molecule has 0 aliphatic rings. The minimum atomic E-state index is -0.954. The molecule has 0 fully saturated rings. The lowest BCUT2D eigenvalue weighted by atomic mass is 10.0. The number of benzene rings is 2. The molecule has 0 saturated carbocycles. The van der Waals surface area contributed by atoms with E-state index in [9.17, 15) is 18.1 Å². The van der Waals surface area contributed by atoms with Gasteiger partial charge in [-0.05, 0) is 53.6 Å². The zero-order chi connectivity index (χ0) is 19.4. The lowest BCUT2D eigenvalue weighted by Crippen LogP contribution is -2.11. The topological polar surface area (TPSA) is 74.8 Å². The van der Waals surface area contributed by atoms with Crippen LogP contribution in [0, 0.1) is 11.6 Å². The van der Waals surface area contributed by atoms with Gasteiger partial charge in [-0.2, -0.15) is 0 Å². The van der Waals surface area contributed by atoms with Gasteiger partial charge in [0.15, 0.2) is 11.2 Å². The van der Waals surface area contributed by atoms with Crippen molar-refractivity contribution in [2.24, 2.45) is 0 Å². The number of nitrogens with one attached hydrogen (secondary N) is 1. The number of halogens is 3. The molecule has 1 aromatic heterocycles. The van der Waals surface area contributed by atoms with Gasteiger partial charge in [0.1, 0.15) is 24.0 Å². The monoisotopic (exact) mass is 378 g/mol. The van der Waals surface area contributed by atoms with Gasteiger partial charge >= 0.3 is 0 Å². The van der Waals surface area contributed by atoms with Gasteiger partial charge in [0.25, 0.3) is 0 Å². The lowest BCUT2D eigenvalue weighted by Gasteiger charge is -2.11. The largest absolute Gasteiger partial charge is 0.489 e. The van der Waals surface area contributed by atoms with Crippen molar-refractivity contribution in [3.8, 4) is 22.6 Å². The van der Waals surface area contributed by atoms with Gasteiger partial charge in [-0.3, -0.25) is 10.0 Å². The molecule has 27 heavy (non-hydrogen) atoms. The molecule has 0 amide bonds. The maximum absolute atomic E-state index is 14.3. The fraction of sp³-hybridized carbons (Fsp3) is 0.0556. The van der Waals surface area contributed by atoms with Crippen LogP contribution in [0.4, 0.5) is 13.3 Å². The molecular weight excluding hydrogens is 365 g/mol. The van der Waals surface area contributed by atoms with Crippen molar-refractivity contribution >= 4 is 0 Å². The molecule has 0 radical (unpaired) electrons. The summed E-state index contributed by atoms with van der Waals surface area (Å²) in [7, 11) is 0. The fourth-order valence-electron chi connectivity index (χ4n) is 2.34. The maximum atomic E-state index is 14.3. The summed E-state index contributed by atoms with van der Waals surface area (Å²) >= 11 is 0. The highest BCUT2D eigenvalue weighted by molar-refractivity contribution is 5.62. The third-order valence-corrected chi connectivity index (χ3v) is 3.65. The molecule has 0 bridgehead atoms. The predicted molar refractivity (Wildman–Crippen MR) is 88.6 cm³/mol. The number of aromatic amines is 1. The average molecular weight is 378 g/mol. The van der Waals surface area contributed by atoms with Gasteiger partial charge in [-0.25, -0.2) is 8.78 Å². The molecule has 0 saturated heterocycles. The highest BCUT2D eigenvalue weighted by atomic mass is 19.2. The van der Waals surface area contributed by atoms with Crippen molar-refractivity contribution in [3.05, 3.63) is 82.3 Å². The molecule has 140 valence electrons. The van der Waals surface area contributed by atoms with E-state index in [2.05, 4.69) is 9.82 Å². The Labute approximate surface area is 150 Å². The van der Waals surface area contributed by atoms with E-state index in [-0.39, 0.29) is 34.8 Å². The molecule has 9 heteroatoms. The van der Waals surface area contributed by atoms with Crippen LogP contribution < -0.4 is 15.1 Å². The van der Waals surface area contributed by atoms with Gasteiger partial charge < -0.3 is 14.6 Å². The van der Waals surface area contributed by atoms with Crippen molar-refractivity contribution in [1.29, 1.82) is 0 Å². The van der Waals surface area contributed by atoms with Gasteiger partial charge in [-0.15, -0.1) is 0 Å². The summed E-state index contributed by atoms with van der Waals surface area (Å²) < 4.78 is 46.1. The second-order valence-electron chi connectivity index (χ2n) is 5.44. The van der Waals surface area contributed by atoms with Crippen LogP contribution in [0.25, 0.3) is 11.1 Å². The van der Waals surface area contributed by atoms with E-state index in [0.717, 1.165) is 12.1 Å². The third-order valence-electron chi connectivity index (χ3n) is 3.65. The van der Waals surface area contributed by atoms with Crippen molar-refractivity contribution in [2.45, 2.75) is 6.61 Å². The molecule has 1 heterocycles. The minimum absolute atomic E-state index is 0.00466. The van der Waals surface area contributed by atoms with Gasteiger partial charge in [0.2, 0.25) is 5.56 Å². The Morgan fingerprint density at radius 1 is 0.963 bits per heavy atom. The molecule has 3 aromatic rings. The second kappa shape index (κ2) is 7.94. The van der Waals surface area contributed by atoms with Crippen LogP contribution in [-0.4, -0.2) is 15.6 Å². The Morgan fingerprint density at radius 3 is 2.15 bits per heavy atom. The first kappa shape index (κ1) is 18.5. The number of nitrogens with zero attached hydrogens (tertiary/aromatic N) is 1. The molecule has 0 unspecified atom stereocenters. The highest BCUT2D eigenvalue weighted by Gasteiger charge is 2.13. The Morgan fingerprint density at radius 2 is 1.59 bits per heavy atom. The van der Waals surface area contributed by atoms with Gasteiger partial charge in [0, 0.05) is 12.3 Å².